The van der Waals surface area contributed by atoms with Crippen molar-refractivity contribution in [3.05, 3.63) is 89.5 Å². The van der Waals surface area contributed by atoms with Gasteiger partial charge in [0.15, 0.2) is 5.78 Å². The minimum absolute atomic E-state index is 0.0256. The highest BCUT2D eigenvalue weighted by molar-refractivity contribution is 7.20. The Hall–Kier alpha value is -3.57. The number of aromatic nitrogens is 3. The van der Waals surface area contributed by atoms with Crippen molar-refractivity contribution in [1.82, 2.24) is 14.8 Å². The second-order valence-corrected chi connectivity index (χ2v) is 8.20. The molecule has 0 unspecified atom stereocenters. The van der Waals surface area contributed by atoms with Crippen LogP contribution in [0.1, 0.15) is 21.5 Å². The van der Waals surface area contributed by atoms with Crippen LogP contribution in [0.5, 0.6) is 0 Å². The number of fused-ring (bicyclic) bond motifs is 4. The smallest absolute Gasteiger partial charge is 0.212 e. The number of hydrogen-bond donors (Lipinski definition) is 0. The summed E-state index contributed by atoms with van der Waals surface area (Å²) in [6.45, 7) is 2.08. The van der Waals surface area contributed by atoms with Crippen molar-refractivity contribution in [3.63, 3.8) is 0 Å². The molecule has 0 amide bonds. The zero-order valence-corrected chi connectivity index (χ0v) is 16.4. The number of carbonyl (C=O) groups is 1. The van der Waals surface area contributed by atoms with E-state index in [2.05, 4.69) is 19.1 Å². The Morgan fingerprint density at radius 2 is 1.66 bits per heavy atom. The third-order valence-corrected chi connectivity index (χ3v) is 6.29. The lowest BCUT2D eigenvalue weighted by Gasteiger charge is -2.03. The maximum absolute atomic E-state index is 13.3. The van der Waals surface area contributed by atoms with Crippen molar-refractivity contribution in [2.75, 3.05) is 0 Å². The van der Waals surface area contributed by atoms with E-state index in [1.54, 1.807) is 11.3 Å². The van der Waals surface area contributed by atoms with E-state index in [0.717, 1.165) is 37.7 Å². The first kappa shape index (κ1) is 16.4. The fourth-order valence-corrected chi connectivity index (χ4v) is 4.97. The van der Waals surface area contributed by atoms with E-state index in [0.29, 0.717) is 11.3 Å². The van der Waals surface area contributed by atoms with Gasteiger partial charge in [0.05, 0.1) is 21.5 Å². The van der Waals surface area contributed by atoms with Crippen molar-refractivity contribution >= 4 is 27.3 Å². The summed E-state index contributed by atoms with van der Waals surface area (Å²) in [7, 11) is 0. The Morgan fingerprint density at radius 3 is 2.48 bits per heavy atom. The monoisotopic (exact) mass is 393 g/mol. The van der Waals surface area contributed by atoms with Crippen LogP contribution in [0.2, 0.25) is 0 Å². The van der Waals surface area contributed by atoms with E-state index in [4.69, 9.17) is 10.1 Å². The summed E-state index contributed by atoms with van der Waals surface area (Å²) in [4.78, 5) is 18.1. The van der Waals surface area contributed by atoms with Gasteiger partial charge >= 0.3 is 0 Å². The maximum Gasteiger partial charge on any atom is 0.212 e. The quantitative estimate of drug-likeness (QED) is 0.381. The van der Waals surface area contributed by atoms with E-state index in [-0.39, 0.29) is 5.78 Å². The molecule has 0 radical (unpaired) electrons. The van der Waals surface area contributed by atoms with Crippen molar-refractivity contribution < 1.29 is 4.79 Å². The van der Waals surface area contributed by atoms with Crippen LogP contribution in [-0.4, -0.2) is 20.5 Å². The van der Waals surface area contributed by atoms with Crippen LogP contribution in [0.25, 0.3) is 37.9 Å². The molecule has 0 saturated heterocycles. The van der Waals surface area contributed by atoms with Crippen molar-refractivity contribution in [2.24, 2.45) is 0 Å². The average Bonchev–Trinajstić information content (AvgIpc) is 3.42. The molecular weight excluding hydrogens is 378 g/mol. The Morgan fingerprint density at radius 1 is 0.897 bits per heavy atom. The first-order chi connectivity index (χ1) is 14.2. The molecule has 138 valence electrons. The molecule has 29 heavy (non-hydrogen) atoms. The Bertz CT molecular complexity index is 1430. The maximum atomic E-state index is 13.3. The molecule has 5 aromatic rings. The molecule has 1 aliphatic rings. The Labute approximate surface area is 171 Å². The zero-order chi connectivity index (χ0) is 19.5. The molecule has 0 atom stereocenters. The summed E-state index contributed by atoms with van der Waals surface area (Å²) in [6, 6.07) is 23.9. The van der Waals surface area contributed by atoms with Crippen LogP contribution in [-0.2, 0) is 0 Å². The molecule has 0 N–H and O–H groups in total. The van der Waals surface area contributed by atoms with Crippen LogP contribution in [0.15, 0.2) is 72.8 Å². The van der Waals surface area contributed by atoms with E-state index in [1.165, 1.54) is 5.56 Å². The molecule has 1 aliphatic carbocycles. The summed E-state index contributed by atoms with van der Waals surface area (Å²) in [5.74, 6) is 0.0256. The molecule has 2 heterocycles. The van der Waals surface area contributed by atoms with Crippen LogP contribution in [0, 0.1) is 6.92 Å². The van der Waals surface area contributed by atoms with Crippen LogP contribution in [0.3, 0.4) is 0 Å². The van der Waals surface area contributed by atoms with Gasteiger partial charge in [0.25, 0.3) is 0 Å². The highest BCUT2D eigenvalue weighted by Crippen LogP contribution is 2.43. The minimum atomic E-state index is 0.0256. The number of carbonyl (C=O) groups excluding carboxylic acids is 1. The van der Waals surface area contributed by atoms with Crippen molar-refractivity contribution in [3.8, 4) is 27.6 Å². The van der Waals surface area contributed by atoms with Gasteiger partial charge in [-0.05, 0) is 24.6 Å². The molecular formula is C24H15N3OS. The lowest BCUT2D eigenvalue weighted by Crippen LogP contribution is -1.99. The van der Waals surface area contributed by atoms with Gasteiger partial charge < -0.3 is 0 Å². The van der Waals surface area contributed by atoms with Gasteiger partial charge in [-0.1, -0.05) is 72.0 Å². The number of ketones is 1. The van der Waals surface area contributed by atoms with Crippen LogP contribution >= 0.6 is 11.3 Å². The fraction of sp³-hybridized carbons (Fsp3) is 0.0417. The number of benzene rings is 3. The standard InChI is InChI=1S/C24H15N3OS/c1-14-11-12-18-19(13-14)29-24(25-18)27-22-16-9-5-6-10-17(16)23(28)20(22)21(26-27)15-7-3-2-4-8-15/h2-13H,1H3. The Kier molecular flexibility index (Phi) is 3.37. The number of rotatable bonds is 2. The third-order valence-electron chi connectivity index (χ3n) is 5.30. The van der Waals surface area contributed by atoms with Gasteiger partial charge in [0.2, 0.25) is 5.13 Å². The lowest BCUT2D eigenvalue weighted by atomic mass is 10.0. The highest BCUT2D eigenvalue weighted by atomic mass is 32.1. The van der Waals surface area contributed by atoms with Gasteiger partial charge in [-0.2, -0.15) is 5.10 Å². The first-order valence-corrected chi connectivity index (χ1v) is 10.2. The molecule has 0 bridgehead atoms. The first-order valence-electron chi connectivity index (χ1n) is 9.41. The molecule has 2 aromatic heterocycles. The zero-order valence-electron chi connectivity index (χ0n) is 15.6. The predicted octanol–water partition coefficient (Wildman–Crippen LogP) is 5.67. The average molecular weight is 393 g/mol. The summed E-state index contributed by atoms with van der Waals surface area (Å²) in [5, 5.41) is 5.65. The minimum Gasteiger partial charge on any atom is -0.288 e. The number of nitrogens with zero attached hydrogens (tertiary/aromatic N) is 3. The van der Waals surface area contributed by atoms with Crippen LogP contribution < -0.4 is 0 Å². The Balaban J connectivity index is 1.67. The third kappa shape index (κ3) is 2.34. The second-order valence-electron chi connectivity index (χ2n) is 7.19. The fourth-order valence-electron chi connectivity index (χ4n) is 3.95. The summed E-state index contributed by atoms with van der Waals surface area (Å²) in [5.41, 5.74) is 6.91. The lowest BCUT2D eigenvalue weighted by molar-refractivity contribution is 0.104. The van der Waals surface area contributed by atoms with Gasteiger partial charge in [-0.3, -0.25) is 4.79 Å². The number of hydrogen-bond acceptors (Lipinski definition) is 4. The van der Waals surface area contributed by atoms with Gasteiger partial charge in [0.1, 0.15) is 5.69 Å². The van der Waals surface area contributed by atoms with Gasteiger partial charge in [-0.25, -0.2) is 9.67 Å². The molecule has 5 heteroatoms. The summed E-state index contributed by atoms with van der Waals surface area (Å²) >= 11 is 1.59. The summed E-state index contributed by atoms with van der Waals surface area (Å²) < 4.78 is 2.96. The largest absolute Gasteiger partial charge is 0.288 e. The van der Waals surface area contributed by atoms with Gasteiger partial charge in [0, 0.05) is 16.7 Å². The van der Waals surface area contributed by atoms with E-state index >= 15 is 0 Å². The molecule has 0 aliphatic heterocycles. The molecule has 0 saturated carbocycles. The molecule has 6 rings (SSSR count). The van der Waals surface area contributed by atoms with Crippen molar-refractivity contribution in [1.29, 1.82) is 0 Å². The second kappa shape index (κ2) is 5.96. The van der Waals surface area contributed by atoms with E-state index in [1.807, 2.05) is 65.3 Å². The SMILES string of the molecule is Cc1ccc2nc(-n3nc(-c4ccccc4)c4c3-c3ccccc3C4=O)sc2c1. The normalized spacial score (nSPS) is 12.4. The summed E-state index contributed by atoms with van der Waals surface area (Å²) in [6.07, 6.45) is 0. The molecule has 4 nitrogen and oxygen atoms in total. The van der Waals surface area contributed by atoms with Crippen molar-refractivity contribution in [2.45, 2.75) is 6.92 Å². The molecule has 0 fully saturated rings. The number of aryl methyl sites for hydroxylation is 1. The molecule has 0 spiro atoms. The molecule has 3 aromatic carbocycles. The van der Waals surface area contributed by atoms with E-state index < -0.39 is 0 Å². The topological polar surface area (TPSA) is 47.8 Å². The number of thiazole rings is 1. The van der Waals surface area contributed by atoms with E-state index in [9.17, 15) is 4.79 Å². The van der Waals surface area contributed by atoms with Crippen LogP contribution in [0.4, 0.5) is 0 Å². The highest BCUT2D eigenvalue weighted by Gasteiger charge is 2.35. The predicted molar refractivity (Wildman–Crippen MR) is 116 cm³/mol. The van der Waals surface area contributed by atoms with Gasteiger partial charge in [-0.15, -0.1) is 0 Å².